The van der Waals surface area contributed by atoms with Crippen LogP contribution in [0.1, 0.15) is 36.1 Å². The van der Waals surface area contributed by atoms with Gasteiger partial charge in [0.1, 0.15) is 6.61 Å². The molecule has 1 aliphatic heterocycles. The van der Waals surface area contributed by atoms with Crippen LogP contribution in [0.5, 0.6) is 0 Å². The third-order valence-corrected chi connectivity index (χ3v) is 6.80. The van der Waals surface area contributed by atoms with Crippen LogP contribution in [0.2, 0.25) is 0 Å². The van der Waals surface area contributed by atoms with Crippen molar-refractivity contribution in [3.63, 3.8) is 0 Å². The minimum absolute atomic E-state index is 0. The summed E-state index contributed by atoms with van der Waals surface area (Å²) < 4.78 is 43.2. The molecule has 1 aliphatic rings. The highest BCUT2D eigenvalue weighted by Crippen LogP contribution is 2.50. The molecule has 37 heavy (non-hydrogen) atoms. The lowest BCUT2D eigenvalue weighted by atomic mass is 9.83. The fourth-order valence-corrected chi connectivity index (χ4v) is 4.85. The number of likely N-dealkylation sites (N-methyl/N-ethyl adjacent to an activating group) is 1. The maximum Gasteiger partial charge on any atom is 0.416 e. The predicted octanol–water partition coefficient (Wildman–Crippen LogP) is -0.286. The van der Waals surface area contributed by atoms with Crippen LogP contribution in [0.25, 0.3) is 10.8 Å². The van der Waals surface area contributed by atoms with Crippen LogP contribution in [0.15, 0.2) is 54.6 Å². The molecule has 196 valence electrons. The minimum atomic E-state index is -4.85. The lowest BCUT2D eigenvalue weighted by Gasteiger charge is -2.26. The number of benzene rings is 3. The van der Waals surface area contributed by atoms with Crippen LogP contribution in [-0.4, -0.2) is 48.9 Å². The van der Waals surface area contributed by atoms with Gasteiger partial charge in [0, 0.05) is 11.1 Å². The minimum Gasteiger partial charge on any atom is -1.00 e. The third-order valence-electron chi connectivity index (χ3n) is 6.80. The maximum absolute atomic E-state index is 14.4. The monoisotopic (exact) mass is 532 g/mol. The van der Waals surface area contributed by atoms with Crippen LogP contribution < -0.4 is 22.2 Å². The van der Waals surface area contributed by atoms with Crippen molar-refractivity contribution in [1.82, 2.24) is 0 Å². The molecule has 1 unspecified atom stereocenters. The first-order valence-corrected chi connectivity index (χ1v) is 11.9. The van der Waals surface area contributed by atoms with Gasteiger partial charge in [0.05, 0.1) is 37.4 Å². The second-order valence-corrected chi connectivity index (χ2v) is 8.81. The van der Waals surface area contributed by atoms with Gasteiger partial charge in [0.25, 0.3) is 5.91 Å². The molecule has 1 amide bonds. The van der Waals surface area contributed by atoms with Gasteiger partial charge in [-0.2, -0.15) is 13.2 Å². The van der Waals surface area contributed by atoms with Gasteiger partial charge in [0.2, 0.25) is 0 Å². The topological polar surface area (TPSA) is 65.2 Å². The number of nitrogens with zero attached hydrogens (tertiary/aromatic N) is 1. The largest absolute Gasteiger partial charge is 1.00 e. The fourth-order valence-electron chi connectivity index (χ4n) is 4.85. The van der Waals surface area contributed by atoms with Crippen molar-refractivity contribution in [2.24, 2.45) is 0 Å². The molecule has 0 bridgehead atoms. The van der Waals surface area contributed by atoms with Crippen molar-refractivity contribution >= 4 is 22.4 Å². The molecule has 4 rings (SSSR count). The van der Waals surface area contributed by atoms with Crippen molar-refractivity contribution < 1.29 is 45.5 Å². The summed E-state index contributed by atoms with van der Waals surface area (Å²) in [5.74, 6) is 4.07. The summed E-state index contributed by atoms with van der Waals surface area (Å²) >= 11 is 0. The maximum atomic E-state index is 14.4. The van der Waals surface area contributed by atoms with E-state index < -0.39 is 35.4 Å². The number of hydrogen-bond acceptors (Lipinski definition) is 3. The number of quaternary nitrogens is 1. The average Bonchev–Trinajstić information content (AvgIpc) is 3.09. The molecular formula is C28H28ClF3N2O3. The number of aliphatic hydroxyl groups is 2. The number of nitrogens with one attached hydrogen (secondary N) is 1. The molecule has 9 heteroatoms. The van der Waals surface area contributed by atoms with E-state index in [1.807, 2.05) is 26.0 Å². The van der Waals surface area contributed by atoms with Crippen molar-refractivity contribution in [3.8, 4) is 11.8 Å². The highest BCUT2D eigenvalue weighted by Gasteiger charge is 2.56. The SMILES string of the molecule is CC[NH+](CC)CCN1C(=O)C(O)(c2ccc3ccccc3c2)c2c1cc(C#CCO)cc2C(F)(F)F.[Cl-]. The second kappa shape index (κ2) is 11.1. The smallest absolute Gasteiger partial charge is 0.416 e. The zero-order valence-corrected chi connectivity index (χ0v) is 21.2. The molecule has 0 saturated carbocycles. The summed E-state index contributed by atoms with van der Waals surface area (Å²) in [5, 5.41) is 22.5. The quantitative estimate of drug-likeness (QED) is 0.383. The van der Waals surface area contributed by atoms with Gasteiger partial charge >= 0.3 is 6.18 Å². The van der Waals surface area contributed by atoms with E-state index in [-0.39, 0.29) is 35.8 Å². The van der Waals surface area contributed by atoms with Crippen LogP contribution in [0.3, 0.4) is 0 Å². The van der Waals surface area contributed by atoms with E-state index in [1.165, 1.54) is 17.0 Å². The Hall–Kier alpha value is -3.09. The molecule has 0 aliphatic carbocycles. The first kappa shape index (κ1) is 28.5. The normalized spacial score (nSPS) is 17.0. The Bertz CT molecular complexity index is 1360. The number of amides is 1. The zero-order chi connectivity index (χ0) is 26.1. The average molecular weight is 533 g/mol. The van der Waals surface area contributed by atoms with Crippen LogP contribution in [-0.2, 0) is 16.6 Å². The van der Waals surface area contributed by atoms with Gasteiger partial charge in [-0.1, -0.05) is 48.2 Å². The molecule has 0 saturated heterocycles. The summed E-state index contributed by atoms with van der Waals surface area (Å²) in [5.41, 5.74) is -4.07. The number of alkyl halides is 3. The summed E-state index contributed by atoms with van der Waals surface area (Å²) in [7, 11) is 0. The second-order valence-electron chi connectivity index (χ2n) is 8.81. The van der Waals surface area contributed by atoms with E-state index in [4.69, 9.17) is 5.11 Å². The van der Waals surface area contributed by atoms with Crippen LogP contribution in [0.4, 0.5) is 18.9 Å². The highest BCUT2D eigenvalue weighted by molar-refractivity contribution is 6.10. The molecule has 1 heterocycles. The number of aliphatic hydroxyl groups excluding tert-OH is 1. The Kier molecular flexibility index (Phi) is 8.56. The molecular weight excluding hydrogens is 505 g/mol. The van der Waals surface area contributed by atoms with E-state index in [1.54, 1.807) is 24.3 Å². The molecule has 0 aromatic heterocycles. The fraction of sp³-hybridized carbons (Fsp3) is 0.321. The molecule has 5 nitrogen and oxygen atoms in total. The number of carbonyl (C=O) groups excluding carboxylic acids is 1. The van der Waals surface area contributed by atoms with Gasteiger partial charge in [-0.25, -0.2) is 0 Å². The number of hydrogen-bond donors (Lipinski definition) is 3. The number of anilines is 1. The predicted molar refractivity (Wildman–Crippen MR) is 132 cm³/mol. The van der Waals surface area contributed by atoms with Crippen LogP contribution in [0, 0.1) is 11.8 Å². The van der Waals surface area contributed by atoms with Crippen molar-refractivity contribution in [2.45, 2.75) is 25.6 Å². The molecule has 1 atom stereocenters. The third kappa shape index (κ3) is 5.18. The molecule has 3 aromatic rings. The Morgan fingerprint density at radius 2 is 1.70 bits per heavy atom. The Labute approximate surface area is 219 Å². The summed E-state index contributed by atoms with van der Waals surface area (Å²) in [6.45, 7) is 5.68. The van der Waals surface area contributed by atoms with Gasteiger partial charge in [-0.3, -0.25) is 4.79 Å². The van der Waals surface area contributed by atoms with Gasteiger partial charge in [-0.15, -0.1) is 0 Å². The van der Waals surface area contributed by atoms with Crippen LogP contribution >= 0.6 is 0 Å². The Morgan fingerprint density at radius 1 is 1.03 bits per heavy atom. The summed E-state index contributed by atoms with van der Waals surface area (Å²) in [6.07, 6.45) is -4.85. The van der Waals surface area contributed by atoms with E-state index in [0.717, 1.165) is 29.4 Å². The summed E-state index contributed by atoms with van der Waals surface area (Å²) in [6, 6.07) is 14.2. The van der Waals surface area contributed by atoms with Gasteiger partial charge in [-0.05, 0) is 48.4 Å². The first-order chi connectivity index (χ1) is 17.1. The lowest BCUT2D eigenvalue weighted by molar-refractivity contribution is -0.894. The molecule has 0 spiro atoms. The highest BCUT2D eigenvalue weighted by atomic mass is 35.5. The zero-order valence-electron chi connectivity index (χ0n) is 20.5. The number of halogens is 4. The van der Waals surface area contributed by atoms with E-state index in [9.17, 15) is 23.1 Å². The van der Waals surface area contributed by atoms with Crippen molar-refractivity contribution in [1.29, 1.82) is 0 Å². The van der Waals surface area contributed by atoms with E-state index in [0.29, 0.717) is 11.9 Å². The van der Waals surface area contributed by atoms with E-state index >= 15 is 0 Å². The summed E-state index contributed by atoms with van der Waals surface area (Å²) in [4.78, 5) is 16.2. The Morgan fingerprint density at radius 3 is 2.32 bits per heavy atom. The lowest BCUT2D eigenvalue weighted by Crippen LogP contribution is -3.12. The standard InChI is InChI=1S/C28H27F3N2O3.ClH/c1-3-32(4-2)13-14-33-24-17-19(8-7-15-34)16-23(28(29,30)31)25(24)27(36,26(33)35)22-12-11-20-9-5-6-10-21(20)18-22;/h5-6,9-12,16-18,34,36H,3-4,13-15H2,1-2H3;1H. The molecule has 3 N–H and O–H groups in total. The Balaban J connectivity index is 0.00000380. The number of fused-ring (bicyclic) bond motifs is 2. The van der Waals surface area contributed by atoms with E-state index in [2.05, 4.69) is 11.8 Å². The van der Waals surface area contributed by atoms with Gasteiger partial charge < -0.3 is 32.4 Å². The molecule has 0 fully saturated rings. The molecule has 0 radical (unpaired) electrons. The number of carbonyl (C=O) groups is 1. The molecule has 3 aromatic carbocycles. The van der Waals surface area contributed by atoms with Crippen molar-refractivity contribution in [2.75, 3.05) is 37.7 Å². The van der Waals surface area contributed by atoms with Gasteiger partial charge in [0.15, 0.2) is 5.60 Å². The number of rotatable bonds is 6. The first-order valence-electron chi connectivity index (χ1n) is 11.9. The van der Waals surface area contributed by atoms with Crippen molar-refractivity contribution in [3.05, 3.63) is 76.9 Å².